The molecule has 0 unspecified atom stereocenters. The van der Waals surface area contributed by atoms with Crippen LogP contribution in [0.4, 0.5) is 5.69 Å². The summed E-state index contributed by atoms with van der Waals surface area (Å²) in [5.74, 6) is 1.33. The Morgan fingerprint density at radius 2 is 1.83 bits per heavy atom. The minimum atomic E-state index is -3.31. The van der Waals surface area contributed by atoms with Crippen molar-refractivity contribution < 1.29 is 13.2 Å². The molecule has 0 aliphatic carbocycles. The lowest BCUT2D eigenvalue weighted by Gasteiger charge is -2.19. The van der Waals surface area contributed by atoms with Crippen LogP contribution in [0.5, 0.6) is 11.5 Å². The molecule has 0 aromatic heterocycles. The van der Waals surface area contributed by atoms with Crippen LogP contribution >= 0.6 is 11.8 Å². The number of ether oxygens (including phenoxy) is 1. The lowest BCUT2D eigenvalue weighted by molar-refractivity contribution is 0.476. The molecule has 0 amide bonds. The van der Waals surface area contributed by atoms with Crippen molar-refractivity contribution in [2.24, 2.45) is 5.73 Å². The van der Waals surface area contributed by atoms with E-state index in [9.17, 15) is 8.42 Å². The van der Waals surface area contributed by atoms with E-state index in [0.717, 1.165) is 16.7 Å². The first-order valence-electron chi connectivity index (χ1n) is 6.94. The average Bonchev–Trinajstić information content (AvgIpc) is 2.54. The molecule has 2 aromatic rings. The molecule has 0 radical (unpaired) electrons. The summed E-state index contributed by atoms with van der Waals surface area (Å²) >= 11 is 1.66. The Labute approximate surface area is 141 Å². The maximum Gasteiger partial charge on any atom is 0.231 e. The first-order chi connectivity index (χ1) is 10.8. The van der Waals surface area contributed by atoms with E-state index in [0.29, 0.717) is 17.2 Å². The smallest absolute Gasteiger partial charge is 0.231 e. The van der Waals surface area contributed by atoms with Gasteiger partial charge < -0.3 is 10.5 Å². The zero-order valence-corrected chi connectivity index (χ0v) is 14.9. The zero-order valence-electron chi connectivity index (χ0n) is 13.3. The standard InChI is InChI=1S/C16H20N2O3S2/c1-18(23(3,19)20)13-4-9-16(12(10-13)11-17)21-14-5-7-15(22-2)8-6-14/h4-10H,11,17H2,1-3H3. The Morgan fingerprint density at radius 1 is 1.17 bits per heavy atom. The van der Waals surface area contributed by atoms with Crippen molar-refractivity contribution in [1.82, 2.24) is 0 Å². The van der Waals surface area contributed by atoms with Gasteiger partial charge in [-0.25, -0.2) is 8.42 Å². The summed E-state index contributed by atoms with van der Waals surface area (Å²) in [5, 5.41) is 0. The molecule has 0 fully saturated rings. The van der Waals surface area contributed by atoms with Crippen LogP contribution in [-0.4, -0.2) is 28.0 Å². The van der Waals surface area contributed by atoms with Crippen LogP contribution in [0.1, 0.15) is 5.56 Å². The summed E-state index contributed by atoms with van der Waals surface area (Å²) in [6, 6.07) is 12.9. The number of rotatable bonds is 6. The largest absolute Gasteiger partial charge is 0.457 e. The van der Waals surface area contributed by atoms with Crippen molar-refractivity contribution in [2.45, 2.75) is 11.4 Å². The van der Waals surface area contributed by atoms with Crippen LogP contribution in [0.2, 0.25) is 0 Å². The molecule has 0 spiro atoms. The number of thioether (sulfide) groups is 1. The van der Waals surface area contributed by atoms with Crippen molar-refractivity contribution in [3.63, 3.8) is 0 Å². The Bertz CT molecular complexity index is 774. The maximum atomic E-state index is 11.6. The fraction of sp³-hybridized carbons (Fsp3) is 0.250. The first-order valence-corrected chi connectivity index (χ1v) is 10.0. The second-order valence-corrected chi connectivity index (χ2v) is 7.90. The third kappa shape index (κ3) is 4.40. The summed E-state index contributed by atoms with van der Waals surface area (Å²) in [6.45, 7) is 0.254. The van der Waals surface area contributed by atoms with Gasteiger partial charge in [0.25, 0.3) is 0 Å². The maximum absolute atomic E-state index is 11.6. The Hall–Kier alpha value is -1.70. The molecule has 0 saturated heterocycles. The quantitative estimate of drug-likeness (QED) is 0.809. The molecule has 23 heavy (non-hydrogen) atoms. The van der Waals surface area contributed by atoms with Crippen LogP contribution in [0.25, 0.3) is 0 Å². The molecule has 5 nitrogen and oxygen atoms in total. The van der Waals surface area contributed by atoms with Crippen molar-refractivity contribution in [1.29, 1.82) is 0 Å². The minimum Gasteiger partial charge on any atom is -0.457 e. The van der Waals surface area contributed by atoms with Crippen molar-refractivity contribution in [2.75, 3.05) is 23.9 Å². The van der Waals surface area contributed by atoms with E-state index >= 15 is 0 Å². The van der Waals surface area contributed by atoms with E-state index in [-0.39, 0.29) is 6.54 Å². The highest BCUT2D eigenvalue weighted by atomic mass is 32.2. The second kappa shape index (κ2) is 7.25. The lowest BCUT2D eigenvalue weighted by atomic mass is 10.1. The number of anilines is 1. The summed E-state index contributed by atoms with van der Waals surface area (Å²) in [4.78, 5) is 1.15. The summed E-state index contributed by atoms with van der Waals surface area (Å²) in [6.07, 6.45) is 3.17. The van der Waals surface area contributed by atoms with Gasteiger partial charge in [-0.2, -0.15) is 0 Å². The monoisotopic (exact) mass is 352 g/mol. The molecule has 0 aliphatic rings. The van der Waals surface area contributed by atoms with Crippen molar-refractivity contribution >= 4 is 27.5 Å². The molecule has 0 saturated carbocycles. The number of nitrogens with two attached hydrogens (primary N) is 1. The predicted molar refractivity (Wildman–Crippen MR) is 95.9 cm³/mol. The van der Waals surface area contributed by atoms with E-state index in [1.165, 1.54) is 11.4 Å². The van der Waals surface area contributed by atoms with Crippen LogP contribution in [0.3, 0.4) is 0 Å². The summed E-state index contributed by atoms with van der Waals surface area (Å²) in [5.41, 5.74) is 7.07. The molecule has 0 atom stereocenters. The van der Waals surface area contributed by atoms with Gasteiger partial charge in [-0.3, -0.25) is 4.31 Å². The Morgan fingerprint density at radius 3 is 2.35 bits per heavy atom. The zero-order chi connectivity index (χ0) is 17.0. The van der Waals surface area contributed by atoms with Gasteiger partial charge in [0, 0.05) is 24.1 Å². The van der Waals surface area contributed by atoms with Gasteiger partial charge in [0.2, 0.25) is 10.0 Å². The second-order valence-electron chi connectivity index (χ2n) is 5.00. The van der Waals surface area contributed by atoms with E-state index < -0.39 is 10.0 Å². The van der Waals surface area contributed by atoms with Crippen LogP contribution in [0, 0.1) is 0 Å². The van der Waals surface area contributed by atoms with Crippen molar-refractivity contribution in [3.8, 4) is 11.5 Å². The number of nitrogens with zero attached hydrogens (tertiary/aromatic N) is 1. The molecular weight excluding hydrogens is 332 g/mol. The molecule has 2 rings (SSSR count). The summed E-state index contributed by atoms with van der Waals surface area (Å²) < 4.78 is 30.3. The van der Waals surface area contributed by atoms with Gasteiger partial charge in [-0.1, -0.05) is 0 Å². The summed E-state index contributed by atoms with van der Waals surface area (Å²) in [7, 11) is -1.80. The number of hydrogen-bond acceptors (Lipinski definition) is 5. The fourth-order valence-corrected chi connectivity index (χ4v) is 2.89. The predicted octanol–water partition coefficient (Wildman–Crippen LogP) is 3.06. The highest BCUT2D eigenvalue weighted by Gasteiger charge is 2.14. The van der Waals surface area contributed by atoms with E-state index in [1.54, 1.807) is 30.0 Å². The van der Waals surface area contributed by atoms with E-state index in [1.807, 2.05) is 30.5 Å². The molecule has 124 valence electrons. The Balaban J connectivity index is 2.28. The van der Waals surface area contributed by atoms with Crippen LogP contribution in [0.15, 0.2) is 47.4 Å². The number of hydrogen-bond donors (Lipinski definition) is 1. The van der Waals surface area contributed by atoms with Gasteiger partial charge in [0.15, 0.2) is 0 Å². The molecule has 0 bridgehead atoms. The average molecular weight is 352 g/mol. The molecule has 0 aliphatic heterocycles. The van der Waals surface area contributed by atoms with Gasteiger partial charge in [-0.15, -0.1) is 11.8 Å². The highest BCUT2D eigenvalue weighted by Crippen LogP contribution is 2.30. The molecule has 7 heteroatoms. The molecule has 2 N–H and O–H groups in total. The van der Waals surface area contributed by atoms with Gasteiger partial charge >= 0.3 is 0 Å². The van der Waals surface area contributed by atoms with Crippen LogP contribution in [-0.2, 0) is 16.6 Å². The topological polar surface area (TPSA) is 72.6 Å². The molecule has 2 aromatic carbocycles. The molecule has 0 heterocycles. The lowest BCUT2D eigenvalue weighted by Crippen LogP contribution is -2.25. The molecular formula is C16H20N2O3S2. The van der Waals surface area contributed by atoms with Gasteiger partial charge in [0.05, 0.1) is 11.9 Å². The third-order valence-corrected chi connectivity index (χ3v) is 5.36. The highest BCUT2D eigenvalue weighted by molar-refractivity contribution is 7.98. The SMILES string of the molecule is CSc1ccc(Oc2ccc(N(C)S(C)(=O)=O)cc2CN)cc1. The van der Waals surface area contributed by atoms with Gasteiger partial charge in [0.1, 0.15) is 11.5 Å². The third-order valence-electron chi connectivity index (χ3n) is 3.41. The van der Waals surface area contributed by atoms with E-state index in [2.05, 4.69) is 0 Å². The first kappa shape index (κ1) is 17.7. The minimum absolute atomic E-state index is 0.254. The fourth-order valence-electron chi connectivity index (χ4n) is 1.98. The van der Waals surface area contributed by atoms with Crippen molar-refractivity contribution in [3.05, 3.63) is 48.0 Å². The number of benzene rings is 2. The van der Waals surface area contributed by atoms with Gasteiger partial charge in [-0.05, 0) is 48.7 Å². The number of sulfonamides is 1. The Kier molecular flexibility index (Phi) is 5.56. The normalized spacial score (nSPS) is 11.3. The van der Waals surface area contributed by atoms with E-state index in [4.69, 9.17) is 10.5 Å². The van der Waals surface area contributed by atoms with Crippen LogP contribution < -0.4 is 14.8 Å².